The topological polar surface area (TPSA) is 79.2 Å². The minimum atomic E-state index is -0.742. The molecule has 1 fully saturated rings. The van der Waals surface area contributed by atoms with Crippen LogP contribution in [0.25, 0.3) is 0 Å². The highest BCUT2D eigenvalue weighted by atomic mass is 16.5. The van der Waals surface area contributed by atoms with Gasteiger partial charge in [0.15, 0.2) is 0 Å². The Morgan fingerprint density at radius 1 is 1.56 bits per heavy atom. The van der Waals surface area contributed by atoms with Gasteiger partial charge in [0, 0.05) is 19.6 Å². The number of carbonyl (C=O) groups is 1. The van der Waals surface area contributed by atoms with E-state index in [9.17, 15) is 9.90 Å². The van der Waals surface area contributed by atoms with Crippen molar-refractivity contribution in [1.82, 2.24) is 4.90 Å². The van der Waals surface area contributed by atoms with E-state index in [2.05, 4.69) is 0 Å². The molecule has 3 unspecified atom stereocenters. The number of hydrogen-bond donors (Lipinski definition) is 2. The average molecular weight is 261 g/mol. The van der Waals surface area contributed by atoms with Gasteiger partial charge in [0.05, 0.1) is 37.9 Å². The number of esters is 1. The summed E-state index contributed by atoms with van der Waals surface area (Å²) in [6.45, 7) is 5.61. The highest BCUT2D eigenvalue weighted by molar-refractivity contribution is 5.69. The third kappa shape index (κ3) is 5.30. The van der Waals surface area contributed by atoms with Gasteiger partial charge in [0.2, 0.25) is 0 Å². The Kier molecular flexibility index (Phi) is 6.56. The van der Waals surface area contributed by atoms with Gasteiger partial charge in [-0.1, -0.05) is 0 Å². The first-order valence-electron chi connectivity index (χ1n) is 6.37. The molecule has 0 bridgehead atoms. The van der Waals surface area contributed by atoms with E-state index in [1.54, 1.807) is 6.92 Å². The Labute approximate surface area is 107 Å². The van der Waals surface area contributed by atoms with E-state index < -0.39 is 6.10 Å². The molecule has 1 aliphatic heterocycles. The Hall–Kier alpha value is -0.690. The monoisotopic (exact) mass is 261 g/mol. The third-order valence-corrected chi connectivity index (χ3v) is 2.78. The van der Waals surface area contributed by atoms with Crippen LogP contribution in [0.2, 0.25) is 0 Å². The lowest BCUT2D eigenvalue weighted by molar-refractivity contribution is -0.146. The maximum atomic E-state index is 11.2. The number of rotatable bonds is 6. The molecule has 0 aromatic heterocycles. The van der Waals surface area contributed by atoms with E-state index in [-0.39, 0.29) is 31.2 Å². The average Bonchev–Trinajstić information content (AvgIpc) is 2.27. The van der Waals surface area contributed by atoms with Crippen molar-refractivity contribution in [3.8, 4) is 0 Å². The van der Waals surface area contributed by atoms with Crippen molar-refractivity contribution in [3.63, 3.8) is 0 Å². The van der Waals surface area contributed by atoms with Crippen LogP contribution in [0.15, 0.2) is 0 Å². The zero-order chi connectivity index (χ0) is 13.5. The van der Waals surface area contributed by atoms with Crippen LogP contribution in [-0.2, 0) is 14.3 Å². The van der Waals surface area contributed by atoms with Crippen molar-refractivity contribution < 1.29 is 24.5 Å². The number of ether oxygens (including phenoxy) is 2. The molecule has 0 amide bonds. The fourth-order valence-corrected chi connectivity index (χ4v) is 2.17. The minimum absolute atomic E-state index is 0.00334. The van der Waals surface area contributed by atoms with Crippen molar-refractivity contribution in [1.29, 1.82) is 0 Å². The predicted octanol–water partition coefficient (Wildman–Crippen LogP) is -0.618. The summed E-state index contributed by atoms with van der Waals surface area (Å²) in [5, 5.41) is 18.9. The number of morpholine rings is 1. The molecule has 0 aromatic rings. The molecule has 0 saturated carbocycles. The normalized spacial score (nSPS) is 26.9. The summed E-state index contributed by atoms with van der Waals surface area (Å²) in [5.41, 5.74) is 0. The number of aliphatic hydroxyl groups is 2. The molecule has 6 nitrogen and oxygen atoms in total. The molecule has 1 aliphatic rings. The maximum absolute atomic E-state index is 11.2. The van der Waals surface area contributed by atoms with Crippen molar-refractivity contribution >= 4 is 5.97 Å². The molecule has 0 aromatic carbocycles. The van der Waals surface area contributed by atoms with Gasteiger partial charge in [-0.2, -0.15) is 0 Å². The molecule has 1 saturated heterocycles. The van der Waals surface area contributed by atoms with Gasteiger partial charge in [-0.3, -0.25) is 9.69 Å². The van der Waals surface area contributed by atoms with Gasteiger partial charge in [0.25, 0.3) is 0 Å². The fourth-order valence-electron chi connectivity index (χ4n) is 2.17. The molecule has 3 atom stereocenters. The van der Waals surface area contributed by atoms with Crippen LogP contribution in [0.1, 0.15) is 20.3 Å². The molecule has 1 heterocycles. The summed E-state index contributed by atoms with van der Waals surface area (Å²) in [4.78, 5) is 13.2. The number of aliphatic hydroxyl groups excluding tert-OH is 2. The van der Waals surface area contributed by atoms with E-state index in [0.717, 1.165) is 0 Å². The summed E-state index contributed by atoms with van der Waals surface area (Å²) < 4.78 is 10.3. The Bertz CT molecular complexity index is 261. The largest absolute Gasteiger partial charge is 0.466 e. The Morgan fingerprint density at radius 3 is 2.89 bits per heavy atom. The highest BCUT2D eigenvalue weighted by Crippen LogP contribution is 2.12. The van der Waals surface area contributed by atoms with Crippen LogP contribution in [0.3, 0.4) is 0 Å². The van der Waals surface area contributed by atoms with Crippen LogP contribution in [0.4, 0.5) is 0 Å². The van der Waals surface area contributed by atoms with E-state index in [4.69, 9.17) is 14.6 Å². The van der Waals surface area contributed by atoms with Crippen LogP contribution in [0.5, 0.6) is 0 Å². The van der Waals surface area contributed by atoms with Crippen molar-refractivity contribution in [2.24, 2.45) is 0 Å². The second kappa shape index (κ2) is 7.68. The predicted molar refractivity (Wildman–Crippen MR) is 65.1 cm³/mol. The van der Waals surface area contributed by atoms with E-state index in [1.807, 2.05) is 11.8 Å². The molecular formula is C12H23NO5. The number of carbonyl (C=O) groups excluding carboxylic acids is 1. The quantitative estimate of drug-likeness (QED) is 0.621. The lowest BCUT2D eigenvalue weighted by Gasteiger charge is -2.36. The van der Waals surface area contributed by atoms with E-state index >= 15 is 0 Å². The van der Waals surface area contributed by atoms with Gasteiger partial charge in [-0.05, 0) is 13.8 Å². The summed E-state index contributed by atoms with van der Waals surface area (Å²) in [6, 6.07) is 0. The fraction of sp³-hybridized carbons (Fsp3) is 0.917. The van der Waals surface area contributed by atoms with Crippen molar-refractivity contribution in [2.75, 3.05) is 32.8 Å². The summed E-state index contributed by atoms with van der Waals surface area (Å²) in [7, 11) is 0. The van der Waals surface area contributed by atoms with Crippen molar-refractivity contribution in [3.05, 3.63) is 0 Å². The molecule has 0 aliphatic carbocycles. The van der Waals surface area contributed by atoms with Gasteiger partial charge in [-0.25, -0.2) is 0 Å². The molecule has 1 rings (SSSR count). The number of hydrogen-bond acceptors (Lipinski definition) is 6. The minimum Gasteiger partial charge on any atom is -0.466 e. The van der Waals surface area contributed by atoms with Crippen LogP contribution in [-0.4, -0.2) is 72.2 Å². The highest BCUT2D eigenvalue weighted by Gasteiger charge is 2.26. The number of nitrogens with zero attached hydrogens (tertiary/aromatic N) is 1. The van der Waals surface area contributed by atoms with E-state index in [1.165, 1.54) is 0 Å². The lowest BCUT2D eigenvalue weighted by Crippen LogP contribution is -2.50. The summed E-state index contributed by atoms with van der Waals surface area (Å²) >= 11 is 0. The first kappa shape index (κ1) is 15.4. The maximum Gasteiger partial charge on any atom is 0.308 e. The molecule has 0 spiro atoms. The summed E-state index contributed by atoms with van der Waals surface area (Å²) in [6.07, 6.45) is -0.938. The second-order valence-corrected chi connectivity index (χ2v) is 4.63. The van der Waals surface area contributed by atoms with Crippen LogP contribution < -0.4 is 0 Å². The molecule has 0 radical (unpaired) electrons. The van der Waals surface area contributed by atoms with Crippen LogP contribution >= 0.6 is 0 Å². The van der Waals surface area contributed by atoms with Crippen molar-refractivity contribution in [2.45, 2.75) is 38.6 Å². The number of β-amino-alcohol motifs (C(OH)–C–C–N with tert-alkyl or cyclic N) is 1. The smallest absolute Gasteiger partial charge is 0.308 e. The van der Waals surface area contributed by atoms with Gasteiger partial charge in [-0.15, -0.1) is 0 Å². The van der Waals surface area contributed by atoms with Gasteiger partial charge in [0.1, 0.15) is 0 Å². The third-order valence-electron chi connectivity index (χ3n) is 2.78. The Morgan fingerprint density at radius 2 is 2.28 bits per heavy atom. The first-order chi connectivity index (χ1) is 8.55. The SMILES string of the molecule is CCOC(=O)CC(O)CN1CC(C)OC(CO)C1. The van der Waals surface area contributed by atoms with Gasteiger partial charge >= 0.3 is 5.97 Å². The van der Waals surface area contributed by atoms with Gasteiger partial charge < -0.3 is 19.7 Å². The molecule has 2 N–H and O–H groups in total. The second-order valence-electron chi connectivity index (χ2n) is 4.63. The summed E-state index contributed by atoms with van der Waals surface area (Å²) in [5.74, 6) is -0.384. The zero-order valence-corrected chi connectivity index (χ0v) is 11.0. The zero-order valence-electron chi connectivity index (χ0n) is 11.0. The van der Waals surface area contributed by atoms with E-state index in [0.29, 0.717) is 26.2 Å². The standard InChI is InChI=1S/C12H23NO5/c1-3-17-12(16)4-10(15)6-13-5-9(2)18-11(7-13)8-14/h9-11,14-15H,3-8H2,1-2H3. The first-order valence-corrected chi connectivity index (χ1v) is 6.37. The Balaban J connectivity index is 2.34. The molecule has 18 heavy (non-hydrogen) atoms. The molecule has 6 heteroatoms. The molecular weight excluding hydrogens is 238 g/mol. The van der Waals surface area contributed by atoms with Crippen LogP contribution in [0, 0.1) is 0 Å². The molecule has 106 valence electrons. The lowest BCUT2D eigenvalue weighted by atomic mass is 10.2.